The highest BCUT2D eigenvalue weighted by molar-refractivity contribution is 7.86. The van der Waals surface area contributed by atoms with E-state index in [-0.39, 0.29) is 51.0 Å². The van der Waals surface area contributed by atoms with Crippen LogP contribution in [-0.4, -0.2) is 57.0 Å². The molecule has 0 atom stereocenters. The number of benzene rings is 3. The molecule has 0 radical (unpaired) electrons. The van der Waals surface area contributed by atoms with Gasteiger partial charge in [0.2, 0.25) is 17.1 Å². The average molecular weight is 726 g/mol. The Bertz CT molecular complexity index is 1810. The van der Waals surface area contributed by atoms with Gasteiger partial charge in [0.15, 0.2) is 27.5 Å². The molecule has 50 heavy (non-hydrogen) atoms. The monoisotopic (exact) mass is 725 g/mol. The van der Waals surface area contributed by atoms with Gasteiger partial charge in [-0.2, -0.15) is 13.2 Å². The van der Waals surface area contributed by atoms with Crippen LogP contribution in [0, 0.1) is 31.4 Å². The van der Waals surface area contributed by atoms with E-state index < -0.39 is 27.3 Å². The van der Waals surface area contributed by atoms with Crippen molar-refractivity contribution in [3.8, 4) is 0 Å². The van der Waals surface area contributed by atoms with Crippen LogP contribution >= 0.6 is 0 Å². The zero-order chi connectivity index (χ0) is 36.9. The minimum absolute atomic E-state index is 0. The van der Waals surface area contributed by atoms with Crippen molar-refractivity contribution in [1.29, 1.82) is 0 Å². The lowest BCUT2D eigenvalue weighted by Crippen LogP contribution is -2.34. The van der Waals surface area contributed by atoms with Gasteiger partial charge in [-0.25, -0.2) is 31.7 Å². The van der Waals surface area contributed by atoms with Crippen LogP contribution in [0.2, 0.25) is 0 Å². The first-order valence-electron chi connectivity index (χ1n) is 12.6. The Morgan fingerprint density at radius 2 is 0.900 bits per heavy atom. The largest absolute Gasteiger partial charge is 0.741 e. The fraction of sp³-hybridized carbons (Fsp3) is 0.294. The van der Waals surface area contributed by atoms with E-state index in [0.717, 1.165) is 17.8 Å². The summed E-state index contributed by atoms with van der Waals surface area (Å²) in [5.74, 6) is -1.52. The molecule has 10 nitrogen and oxygen atoms in total. The summed E-state index contributed by atoms with van der Waals surface area (Å²) in [5.41, 5.74) is -3.06. The number of quaternary nitrogens is 1. The van der Waals surface area contributed by atoms with Crippen molar-refractivity contribution in [2.75, 3.05) is 21.1 Å². The van der Waals surface area contributed by atoms with Gasteiger partial charge in [0, 0.05) is 16.7 Å². The maximum Gasteiger partial charge on any atom is 0.485 e. The molecule has 0 spiro atoms. The Kier molecular flexibility index (Phi) is 22.2. The minimum atomic E-state index is -6.09. The van der Waals surface area contributed by atoms with Crippen LogP contribution in [-0.2, 0) is 10.1 Å². The quantitative estimate of drug-likeness (QED) is 0.0659. The first kappa shape index (κ1) is 51.5. The Labute approximate surface area is 290 Å². The molecular weight excluding hydrogens is 686 g/mol. The second-order valence-corrected chi connectivity index (χ2v) is 11.3. The smallest absolute Gasteiger partial charge is 0.485 e. The van der Waals surface area contributed by atoms with Gasteiger partial charge in [0.05, 0.1) is 40.9 Å². The SMILES string of the molecule is C.C.C.O=S(=O)([O-])C(F)(F)F.[C-]#[N+]c1cc(C(C)=O)ccc1[18F].[C-]#[N+]c1cc(C(C)=O)ccc1[19F].[C-]#[N+]c1cc(C(C)=O)ccc1[N+](C)(C)C. The van der Waals surface area contributed by atoms with Gasteiger partial charge < -0.3 is 9.04 Å². The summed E-state index contributed by atoms with van der Waals surface area (Å²) in [6.45, 7) is 24.6. The van der Waals surface area contributed by atoms with Gasteiger partial charge in [-0.15, -0.1) is 0 Å². The van der Waals surface area contributed by atoms with Crippen LogP contribution in [0.1, 0.15) is 74.1 Å². The number of hydrogen-bond donors (Lipinski definition) is 0. The molecule has 0 aliphatic heterocycles. The van der Waals surface area contributed by atoms with Crippen molar-refractivity contribution in [3.63, 3.8) is 0 Å². The summed E-state index contributed by atoms with van der Waals surface area (Å²) < 4.78 is 84.9. The standard InChI is InChI=1S/C12H15N2O.2C9H6FNO.CHF3O3S.3CH4/c1-9(15)10-6-7-12(14(3,4)5)11(8-10)13-2;2*1-6(12)7-3-4-8(10)9(5-7)11-2;2-1(3,4)8(5,6)7;;;/h6-8H,1,3-5H3;2*3-5H,1H3;(H,5,6,7);3*1H4/q+1;;;;;;/p-1/i;10+0;10-1;;;;. The third-order valence-corrected chi connectivity index (χ3v) is 6.02. The summed E-state index contributed by atoms with van der Waals surface area (Å²) in [5, 5.41) is 0. The van der Waals surface area contributed by atoms with Gasteiger partial charge in [-0.05, 0) is 63.2 Å². The molecule has 3 aromatic carbocycles. The van der Waals surface area contributed by atoms with Gasteiger partial charge in [0.25, 0.3) is 0 Å². The lowest BCUT2D eigenvalue weighted by Gasteiger charge is -2.24. The Morgan fingerprint density at radius 3 is 1.12 bits per heavy atom. The second-order valence-electron chi connectivity index (χ2n) is 9.95. The molecule has 3 rings (SSSR count). The number of hydrogen-bond acceptors (Lipinski definition) is 6. The third-order valence-electron chi connectivity index (χ3n) is 5.45. The van der Waals surface area contributed by atoms with E-state index in [2.05, 4.69) is 14.5 Å². The molecule has 3 aromatic rings. The van der Waals surface area contributed by atoms with Gasteiger partial charge in [-0.1, -0.05) is 34.4 Å². The first-order chi connectivity index (χ1) is 21.4. The Balaban J connectivity index is -0.000000282. The van der Waals surface area contributed by atoms with E-state index in [1.165, 1.54) is 45.0 Å². The zero-order valence-electron chi connectivity index (χ0n) is 25.7. The maximum absolute atomic E-state index is 12.7. The number of carbonyl (C=O) groups excluding carboxylic acids is 3. The molecular formula is C34H39F5N4O6S. The number of Topliss-reactive ketones (excluding diaryl/α,β-unsaturated/α-hetero) is 3. The predicted molar refractivity (Wildman–Crippen MR) is 184 cm³/mol. The summed E-state index contributed by atoms with van der Waals surface area (Å²) in [4.78, 5) is 42.1. The van der Waals surface area contributed by atoms with Crippen LogP contribution < -0.4 is 4.48 Å². The highest BCUT2D eigenvalue weighted by Gasteiger charge is 2.36. The molecule has 272 valence electrons. The van der Waals surface area contributed by atoms with Gasteiger partial charge in [-0.3, -0.25) is 14.4 Å². The number of nitrogens with zero attached hydrogens (tertiary/aromatic N) is 4. The van der Waals surface area contributed by atoms with Gasteiger partial charge >= 0.3 is 5.51 Å². The van der Waals surface area contributed by atoms with Crippen molar-refractivity contribution in [2.24, 2.45) is 0 Å². The van der Waals surface area contributed by atoms with Crippen molar-refractivity contribution in [3.05, 3.63) is 117 Å². The van der Waals surface area contributed by atoms with E-state index in [9.17, 15) is 36.3 Å². The fourth-order valence-corrected chi connectivity index (χ4v) is 3.03. The van der Waals surface area contributed by atoms with E-state index in [1.54, 1.807) is 12.1 Å². The first-order valence-corrected chi connectivity index (χ1v) is 14.0. The zero-order valence-corrected chi connectivity index (χ0v) is 26.5. The summed E-state index contributed by atoms with van der Waals surface area (Å²) in [6.07, 6.45) is 0. The molecule has 16 heteroatoms. The molecule has 0 aromatic heterocycles. The number of rotatable bonds is 4. The topological polar surface area (TPSA) is 121 Å². The molecule has 0 fully saturated rings. The third kappa shape index (κ3) is 16.7. The van der Waals surface area contributed by atoms with Crippen molar-refractivity contribution >= 4 is 50.2 Å². The second kappa shape index (κ2) is 21.6. The molecule has 0 aliphatic rings. The molecule has 0 N–H and O–H groups in total. The van der Waals surface area contributed by atoms with Crippen molar-refractivity contribution in [2.45, 2.75) is 48.6 Å². The van der Waals surface area contributed by atoms with E-state index in [0.29, 0.717) is 26.9 Å². The lowest BCUT2D eigenvalue weighted by atomic mass is 10.1. The highest BCUT2D eigenvalue weighted by atomic mass is 32.2. The van der Waals surface area contributed by atoms with E-state index >= 15 is 0 Å². The van der Waals surface area contributed by atoms with Crippen molar-refractivity contribution in [1.82, 2.24) is 4.48 Å². The average Bonchev–Trinajstić information content (AvgIpc) is 2.96. The predicted octanol–water partition coefficient (Wildman–Crippen LogP) is 9.75. The van der Waals surface area contributed by atoms with Crippen molar-refractivity contribution < 1.29 is 49.3 Å². The molecule has 0 unspecified atom stereocenters. The number of alkyl halides is 3. The maximum atomic E-state index is 12.7. The Hall–Kier alpha value is -5.34. The molecule has 0 saturated heterocycles. The fourth-order valence-electron chi connectivity index (χ4n) is 3.03. The van der Waals surface area contributed by atoms with Crippen LogP contribution in [0.3, 0.4) is 0 Å². The van der Waals surface area contributed by atoms with Crippen LogP contribution in [0.5, 0.6) is 0 Å². The molecule has 0 amide bonds. The molecule has 0 bridgehead atoms. The minimum Gasteiger partial charge on any atom is -0.741 e. The highest BCUT2D eigenvalue weighted by Crippen LogP contribution is 2.31. The molecule has 0 saturated carbocycles. The summed E-state index contributed by atoms with van der Waals surface area (Å²) in [6, 6.07) is 12.8. The summed E-state index contributed by atoms with van der Waals surface area (Å²) >= 11 is 0. The summed E-state index contributed by atoms with van der Waals surface area (Å²) in [7, 11) is -0.0979. The lowest BCUT2D eigenvalue weighted by molar-refractivity contribution is -0.0518. The number of ketones is 3. The Morgan fingerprint density at radius 1 is 0.640 bits per heavy atom. The van der Waals surface area contributed by atoms with E-state index in [1.807, 2.05) is 27.2 Å². The molecule has 0 heterocycles. The number of halogens is 5. The van der Waals surface area contributed by atoms with Crippen LogP contribution in [0.4, 0.5) is 44.7 Å². The van der Waals surface area contributed by atoms with Crippen LogP contribution in [0.25, 0.3) is 14.5 Å². The molecule has 0 aliphatic carbocycles. The van der Waals surface area contributed by atoms with E-state index in [4.69, 9.17) is 32.7 Å². The van der Waals surface area contributed by atoms with Gasteiger partial charge in [0.1, 0.15) is 17.3 Å². The normalized spacial score (nSPS) is 9.86. The van der Waals surface area contributed by atoms with Crippen LogP contribution in [0.15, 0.2) is 54.6 Å². The number of carbonyl (C=O) groups is 3.